The van der Waals surface area contributed by atoms with E-state index in [1.807, 2.05) is 20.8 Å². The Hall–Kier alpha value is -0.860. The third kappa shape index (κ3) is 6.31. The maximum absolute atomic E-state index is 11.1. The zero-order valence-corrected chi connectivity index (χ0v) is 9.39. The van der Waals surface area contributed by atoms with Gasteiger partial charge >= 0.3 is 0 Å². The molecular weight excluding hydrogens is 166 g/mol. The lowest BCUT2D eigenvalue weighted by atomic mass is 10.3. The largest absolute Gasteiger partial charge is 0.283 e. The summed E-state index contributed by atoms with van der Waals surface area (Å²) in [7, 11) is 0. The van der Waals surface area contributed by atoms with Gasteiger partial charge in [-0.25, -0.2) is 0 Å². The van der Waals surface area contributed by atoms with Crippen molar-refractivity contribution in [1.29, 1.82) is 0 Å². The lowest BCUT2D eigenvalue weighted by molar-refractivity contribution is -0.143. The van der Waals surface area contributed by atoms with Crippen molar-refractivity contribution in [2.45, 2.75) is 47.5 Å². The average molecular weight is 187 g/mol. The number of imide groups is 1. The molecule has 78 valence electrons. The molecular formula is C10H21NO2. The van der Waals surface area contributed by atoms with E-state index in [9.17, 15) is 9.59 Å². The van der Waals surface area contributed by atoms with Gasteiger partial charge in [0.05, 0.1) is 0 Å². The van der Waals surface area contributed by atoms with Crippen LogP contribution in [0, 0.1) is 0 Å². The van der Waals surface area contributed by atoms with Crippen molar-refractivity contribution in [1.82, 2.24) is 4.90 Å². The molecule has 13 heavy (non-hydrogen) atoms. The molecule has 3 nitrogen and oxygen atoms in total. The van der Waals surface area contributed by atoms with E-state index in [0.717, 1.165) is 6.42 Å². The van der Waals surface area contributed by atoms with E-state index in [1.165, 1.54) is 11.8 Å². The fraction of sp³-hybridized carbons (Fsp3) is 0.800. The van der Waals surface area contributed by atoms with Gasteiger partial charge in [-0.1, -0.05) is 20.8 Å². The van der Waals surface area contributed by atoms with E-state index in [2.05, 4.69) is 0 Å². The van der Waals surface area contributed by atoms with E-state index < -0.39 is 0 Å². The van der Waals surface area contributed by atoms with Crippen molar-refractivity contribution in [2.24, 2.45) is 0 Å². The molecule has 0 saturated carbocycles. The third-order valence-electron chi connectivity index (χ3n) is 1.46. The fourth-order valence-corrected chi connectivity index (χ4v) is 0.923. The first kappa shape index (κ1) is 14.7. The van der Waals surface area contributed by atoms with Crippen LogP contribution in [-0.2, 0) is 9.59 Å². The van der Waals surface area contributed by atoms with Crippen LogP contribution in [-0.4, -0.2) is 23.3 Å². The highest BCUT2D eigenvalue weighted by molar-refractivity contribution is 5.94. The molecule has 0 saturated heterocycles. The topological polar surface area (TPSA) is 37.4 Å². The summed E-state index contributed by atoms with van der Waals surface area (Å²) >= 11 is 0. The second kappa shape index (κ2) is 9.23. The van der Waals surface area contributed by atoms with Crippen LogP contribution in [0.1, 0.15) is 47.5 Å². The molecule has 0 aromatic carbocycles. The Balaban J connectivity index is 0. The predicted molar refractivity (Wildman–Crippen MR) is 54.3 cm³/mol. The van der Waals surface area contributed by atoms with Crippen LogP contribution in [0.2, 0.25) is 0 Å². The molecule has 0 N–H and O–H groups in total. The molecule has 0 bridgehead atoms. The van der Waals surface area contributed by atoms with Crippen molar-refractivity contribution in [3.05, 3.63) is 0 Å². The number of amides is 2. The zero-order valence-electron chi connectivity index (χ0n) is 9.39. The van der Waals surface area contributed by atoms with Gasteiger partial charge in [-0.05, 0) is 13.3 Å². The molecule has 0 aliphatic rings. The molecule has 0 spiro atoms. The minimum atomic E-state index is -0.161. The van der Waals surface area contributed by atoms with Crippen LogP contribution in [0.15, 0.2) is 0 Å². The summed E-state index contributed by atoms with van der Waals surface area (Å²) in [6.45, 7) is 9.62. The van der Waals surface area contributed by atoms with E-state index in [4.69, 9.17) is 0 Å². The first-order chi connectivity index (χ1) is 6.13. The molecule has 0 aliphatic carbocycles. The molecule has 3 heteroatoms. The lowest BCUT2D eigenvalue weighted by Gasteiger charge is -2.15. The maximum Gasteiger partial charge on any atom is 0.229 e. The maximum atomic E-state index is 11.1. The minimum Gasteiger partial charge on any atom is -0.283 e. The van der Waals surface area contributed by atoms with Gasteiger partial charge in [0, 0.05) is 19.9 Å². The summed E-state index contributed by atoms with van der Waals surface area (Å²) in [6, 6.07) is 0. The molecule has 0 aromatic heterocycles. The van der Waals surface area contributed by atoms with Crippen LogP contribution in [0.5, 0.6) is 0 Å². The minimum absolute atomic E-state index is 0.0671. The summed E-state index contributed by atoms with van der Waals surface area (Å²) in [5, 5.41) is 0. The third-order valence-corrected chi connectivity index (χ3v) is 1.46. The van der Waals surface area contributed by atoms with Gasteiger partial charge in [0.15, 0.2) is 0 Å². The Morgan fingerprint density at radius 2 is 1.62 bits per heavy atom. The monoisotopic (exact) mass is 187 g/mol. The van der Waals surface area contributed by atoms with Gasteiger partial charge in [0.1, 0.15) is 0 Å². The summed E-state index contributed by atoms with van der Waals surface area (Å²) in [4.78, 5) is 23.2. The Kier molecular flexibility index (Phi) is 10.4. The van der Waals surface area contributed by atoms with E-state index in [1.54, 1.807) is 6.92 Å². The highest BCUT2D eigenvalue weighted by atomic mass is 16.2. The standard InChI is InChI=1S/C8H15NO2.C2H6/c1-4-6-8(11)9(5-2)7(3)10;1-2/h4-6H2,1-3H3;1-2H3. The molecule has 0 aliphatic heterocycles. The van der Waals surface area contributed by atoms with Gasteiger partial charge in [0.2, 0.25) is 11.8 Å². The highest BCUT2D eigenvalue weighted by Gasteiger charge is 2.13. The van der Waals surface area contributed by atoms with Crippen molar-refractivity contribution >= 4 is 11.8 Å². The molecule has 0 rings (SSSR count). The quantitative estimate of drug-likeness (QED) is 0.679. The number of carbonyl (C=O) groups excluding carboxylic acids is 2. The smallest absolute Gasteiger partial charge is 0.229 e. The van der Waals surface area contributed by atoms with Crippen molar-refractivity contribution < 1.29 is 9.59 Å². The number of nitrogens with zero attached hydrogens (tertiary/aromatic N) is 1. The normalized spacial score (nSPS) is 8.38. The van der Waals surface area contributed by atoms with Crippen LogP contribution in [0.25, 0.3) is 0 Å². The van der Waals surface area contributed by atoms with E-state index >= 15 is 0 Å². The molecule has 0 unspecified atom stereocenters. The van der Waals surface area contributed by atoms with Crippen LogP contribution >= 0.6 is 0 Å². The average Bonchev–Trinajstić information content (AvgIpc) is 2.09. The summed E-state index contributed by atoms with van der Waals surface area (Å²) < 4.78 is 0. The van der Waals surface area contributed by atoms with Crippen LogP contribution in [0.3, 0.4) is 0 Å². The molecule has 2 amide bonds. The Morgan fingerprint density at radius 3 is 1.85 bits per heavy atom. The Morgan fingerprint density at radius 1 is 1.15 bits per heavy atom. The lowest BCUT2D eigenvalue weighted by Crippen LogP contribution is -2.34. The zero-order chi connectivity index (χ0) is 10.9. The number of hydrogen-bond acceptors (Lipinski definition) is 2. The number of carbonyl (C=O) groups is 2. The molecule has 0 aromatic rings. The fourth-order valence-electron chi connectivity index (χ4n) is 0.923. The number of hydrogen-bond donors (Lipinski definition) is 0. The van der Waals surface area contributed by atoms with Gasteiger partial charge in [0.25, 0.3) is 0 Å². The first-order valence-corrected chi connectivity index (χ1v) is 4.94. The summed E-state index contributed by atoms with van der Waals surface area (Å²) in [5.41, 5.74) is 0. The Labute approximate surface area is 81.1 Å². The van der Waals surface area contributed by atoms with Gasteiger partial charge < -0.3 is 0 Å². The van der Waals surface area contributed by atoms with Crippen LogP contribution in [0.4, 0.5) is 0 Å². The summed E-state index contributed by atoms with van der Waals surface area (Å²) in [6.07, 6.45) is 1.26. The second-order valence-electron chi connectivity index (χ2n) is 2.41. The highest BCUT2D eigenvalue weighted by Crippen LogP contribution is 1.97. The molecule has 0 radical (unpaired) electrons. The van der Waals surface area contributed by atoms with Crippen molar-refractivity contribution in [3.63, 3.8) is 0 Å². The van der Waals surface area contributed by atoms with Gasteiger partial charge in [-0.2, -0.15) is 0 Å². The molecule has 0 fully saturated rings. The van der Waals surface area contributed by atoms with E-state index in [0.29, 0.717) is 13.0 Å². The van der Waals surface area contributed by atoms with Crippen molar-refractivity contribution in [2.75, 3.05) is 6.54 Å². The molecule has 0 atom stereocenters. The van der Waals surface area contributed by atoms with Crippen LogP contribution < -0.4 is 0 Å². The first-order valence-electron chi connectivity index (χ1n) is 4.94. The second-order valence-corrected chi connectivity index (χ2v) is 2.41. The number of rotatable bonds is 3. The van der Waals surface area contributed by atoms with Gasteiger partial charge in [-0.3, -0.25) is 14.5 Å². The Bertz CT molecular complexity index is 155. The van der Waals surface area contributed by atoms with Crippen molar-refractivity contribution in [3.8, 4) is 0 Å². The summed E-state index contributed by atoms with van der Waals surface area (Å²) in [5.74, 6) is -0.228. The van der Waals surface area contributed by atoms with Gasteiger partial charge in [-0.15, -0.1) is 0 Å². The van der Waals surface area contributed by atoms with E-state index in [-0.39, 0.29) is 11.8 Å². The molecule has 0 heterocycles. The SMILES string of the molecule is CC.CCCC(=O)N(CC)C(C)=O. The predicted octanol–water partition coefficient (Wildman–Crippen LogP) is 2.21.